The van der Waals surface area contributed by atoms with Crippen molar-refractivity contribution in [3.63, 3.8) is 0 Å². The van der Waals surface area contributed by atoms with Gasteiger partial charge in [0.15, 0.2) is 0 Å². The Labute approximate surface area is 137 Å². The molecule has 2 aromatic rings. The second kappa shape index (κ2) is 7.92. The van der Waals surface area contributed by atoms with Crippen molar-refractivity contribution in [3.05, 3.63) is 48.3 Å². The Balaban J connectivity index is 1.68. The van der Waals surface area contributed by atoms with Crippen molar-refractivity contribution in [1.82, 2.24) is 14.9 Å². The molecule has 3 rings (SSSR count). The Morgan fingerprint density at radius 1 is 1.09 bits per heavy atom. The van der Waals surface area contributed by atoms with Gasteiger partial charge >= 0.3 is 0 Å². The Morgan fingerprint density at radius 3 is 2.43 bits per heavy atom. The number of methoxy groups -OCH3 is 1. The summed E-state index contributed by atoms with van der Waals surface area (Å²) >= 11 is 0. The average molecular weight is 312 g/mol. The molecule has 0 saturated carbocycles. The molecule has 0 radical (unpaired) electrons. The molecule has 2 heterocycles. The molecule has 5 nitrogen and oxygen atoms in total. The van der Waals surface area contributed by atoms with E-state index in [1.54, 1.807) is 19.5 Å². The number of benzene rings is 1. The predicted octanol–water partition coefficient (Wildman–Crippen LogP) is 2.59. The van der Waals surface area contributed by atoms with E-state index in [-0.39, 0.29) is 0 Å². The molecule has 0 atom stereocenters. The smallest absolute Gasteiger partial charge is 0.225 e. The molecule has 1 aliphatic rings. The van der Waals surface area contributed by atoms with Gasteiger partial charge in [-0.2, -0.15) is 0 Å². The number of likely N-dealkylation sites (tertiary alicyclic amines) is 1. The summed E-state index contributed by atoms with van der Waals surface area (Å²) in [7, 11) is 1.69. The molecule has 1 aliphatic heterocycles. The molecular formula is C18H24N4O. The van der Waals surface area contributed by atoms with Crippen molar-refractivity contribution in [2.75, 3.05) is 38.2 Å². The van der Waals surface area contributed by atoms with Crippen molar-refractivity contribution in [2.24, 2.45) is 0 Å². The zero-order chi connectivity index (χ0) is 15.9. The molecule has 0 bridgehead atoms. The molecule has 0 unspecified atom stereocenters. The normalized spacial score (nSPS) is 14.8. The first-order valence-corrected chi connectivity index (χ1v) is 8.22. The van der Waals surface area contributed by atoms with Gasteiger partial charge in [0.25, 0.3) is 0 Å². The first-order valence-electron chi connectivity index (χ1n) is 8.22. The highest BCUT2D eigenvalue weighted by atomic mass is 16.5. The third kappa shape index (κ3) is 4.42. The van der Waals surface area contributed by atoms with E-state index >= 15 is 0 Å². The van der Waals surface area contributed by atoms with Crippen LogP contribution in [-0.4, -0.2) is 48.2 Å². The number of aromatic nitrogens is 2. The van der Waals surface area contributed by atoms with E-state index < -0.39 is 0 Å². The molecule has 0 spiro atoms. The Hall–Kier alpha value is -2.14. The molecule has 23 heavy (non-hydrogen) atoms. The minimum atomic E-state index is 0.794. The van der Waals surface area contributed by atoms with Crippen LogP contribution in [0.1, 0.15) is 18.4 Å². The maximum absolute atomic E-state index is 5.23. The van der Waals surface area contributed by atoms with E-state index in [0.717, 1.165) is 31.3 Å². The van der Waals surface area contributed by atoms with Crippen LogP contribution < -0.4 is 9.64 Å². The number of anilines is 1. The minimum Gasteiger partial charge on any atom is -0.497 e. The van der Waals surface area contributed by atoms with E-state index in [1.165, 1.54) is 31.5 Å². The molecule has 1 aromatic carbocycles. The van der Waals surface area contributed by atoms with Gasteiger partial charge in [0, 0.05) is 32.0 Å². The Morgan fingerprint density at radius 2 is 1.78 bits per heavy atom. The first kappa shape index (κ1) is 15.7. The van der Waals surface area contributed by atoms with Gasteiger partial charge in [-0.05, 0) is 49.7 Å². The maximum atomic E-state index is 5.23. The van der Waals surface area contributed by atoms with Crippen LogP contribution in [0.2, 0.25) is 0 Å². The van der Waals surface area contributed by atoms with Crippen LogP contribution in [0, 0.1) is 0 Å². The van der Waals surface area contributed by atoms with Crippen molar-refractivity contribution in [1.29, 1.82) is 0 Å². The van der Waals surface area contributed by atoms with Crippen LogP contribution in [0.4, 0.5) is 5.95 Å². The molecule has 122 valence electrons. The predicted molar refractivity (Wildman–Crippen MR) is 91.8 cm³/mol. The second-order valence-corrected chi connectivity index (χ2v) is 5.87. The van der Waals surface area contributed by atoms with E-state index in [0.29, 0.717) is 0 Å². The number of ether oxygens (including phenoxy) is 1. The monoisotopic (exact) mass is 312 g/mol. The maximum Gasteiger partial charge on any atom is 0.225 e. The van der Waals surface area contributed by atoms with Crippen LogP contribution in [-0.2, 0) is 6.54 Å². The summed E-state index contributed by atoms with van der Waals surface area (Å²) in [5.41, 5.74) is 1.24. The van der Waals surface area contributed by atoms with E-state index in [9.17, 15) is 0 Å². The lowest BCUT2D eigenvalue weighted by atomic mass is 10.2. The van der Waals surface area contributed by atoms with Gasteiger partial charge in [-0.1, -0.05) is 12.1 Å². The van der Waals surface area contributed by atoms with Crippen LogP contribution in [0.3, 0.4) is 0 Å². The Bertz CT molecular complexity index is 582. The van der Waals surface area contributed by atoms with Gasteiger partial charge in [0.2, 0.25) is 5.95 Å². The average Bonchev–Trinajstić information content (AvgIpc) is 3.13. The molecule has 0 aliphatic carbocycles. The summed E-state index contributed by atoms with van der Waals surface area (Å²) < 4.78 is 5.23. The van der Waals surface area contributed by atoms with Crippen molar-refractivity contribution in [2.45, 2.75) is 19.4 Å². The summed E-state index contributed by atoms with van der Waals surface area (Å²) in [5.74, 6) is 1.68. The largest absolute Gasteiger partial charge is 0.497 e. The van der Waals surface area contributed by atoms with Crippen molar-refractivity contribution in [3.8, 4) is 5.75 Å². The van der Waals surface area contributed by atoms with Crippen molar-refractivity contribution >= 4 is 5.95 Å². The van der Waals surface area contributed by atoms with E-state index in [2.05, 4.69) is 31.9 Å². The third-order valence-electron chi connectivity index (χ3n) is 4.25. The highest BCUT2D eigenvalue weighted by Crippen LogP contribution is 2.16. The summed E-state index contributed by atoms with van der Waals surface area (Å²) in [6.45, 7) is 5.24. The number of rotatable bonds is 7. The second-order valence-electron chi connectivity index (χ2n) is 5.87. The quantitative estimate of drug-likeness (QED) is 0.786. The minimum absolute atomic E-state index is 0.794. The molecule has 0 N–H and O–H groups in total. The fraction of sp³-hybridized carbons (Fsp3) is 0.444. The highest BCUT2D eigenvalue weighted by molar-refractivity contribution is 5.34. The molecule has 1 saturated heterocycles. The van der Waals surface area contributed by atoms with Crippen LogP contribution in [0.5, 0.6) is 5.75 Å². The lowest BCUT2D eigenvalue weighted by Gasteiger charge is -2.25. The van der Waals surface area contributed by atoms with E-state index in [1.807, 2.05) is 18.2 Å². The lowest BCUT2D eigenvalue weighted by Crippen LogP contribution is -2.34. The fourth-order valence-electron chi connectivity index (χ4n) is 2.92. The molecule has 1 aromatic heterocycles. The van der Waals surface area contributed by atoms with Gasteiger partial charge in [0.1, 0.15) is 5.75 Å². The van der Waals surface area contributed by atoms with Gasteiger partial charge in [-0.15, -0.1) is 0 Å². The van der Waals surface area contributed by atoms with Crippen LogP contribution in [0.15, 0.2) is 42.7 Å². The fourth-order valence-corrected chi connectivity index (χ4v) is 2.92. The third-order valence-corrected chi connectivity index (χ3v) is 4.25. The first-order chi connectivity index (χ1) is 11.3. The highest BCUT2D eigenvalue weighted by Gasteiger charge is 2.15. The van der Waals surface area contributed by atoms with Gasteiger partial charge in [0.05, 0.1) is 7.11 Å². The SMILES string of the molecule is COc1ccc(CN(CCN2CCCC2)c2ncccn2)cc1. The zero-order valence-electron chi connectivity index (χ0n) is 13.7. The number of nitrogens with zero attached hydrogens (tertiary/aromatic N) is 4. The Kier molecular flexibility index (Phi) is 5.42. The molecule has 0 amide bonds. The summed E-state index contributed by atoms with van der Waals surface area (Å²) in [5, 5.41) is 0. The van der Waals surface area contributed by atoms with Gasteiger partial charge < -0.3 is 14.5 Å². The molecule has 1 fully saturated rings. The zero-order valence-corrected chi connectivity index (χ0v) is 13.7. The summed E-state index contributed by atoms with van der Waals surface area (Å²) in [6.07, 6.45) is 6.25. The van der Waals surface area contributed by atoms with Crippen molar-refractivity contribution < 1.29 is 4.74 Å². The standard InChI is InChI=1S/C18H24N4O/c1-23-17-7-5-16(6-8-17)15-22(18-19-9-4-10-20-18)14-13-21-11-2-3-12-21/h4-10H,2-3,11-15H2,1H3. The lowest BCUT2D eigenvalue weighted by molar-refractivity contribution is 0.343. The molecular weight excluding hydrogens is 288 g/mol. The summed E-state index contributed by atoms with van der Waals surface area (Å²) in [4.78, 5) is 13.6. The van der Waals surface area contributed by atoms with E-state index in [4.69, 9.17) is 4.74 Å². The van der Waals surface area contributed by atoms with Gasteiger partial charge in [-0.3, -0.25) is 0 Å². The van der Waals surface area contributed by atoms with Crippen LogP contribution >= 0.6 is 0 Å². The summed E-state index contributed by atoms with van der Waals surface area (Å²) in [6, 6.07) is 10.1. The topological polar surface area (TPSA) is 41.5 Å². The van der Waals surface area contributed by atoms with Gasteiger partial charge in [-0.25, -0.2) is 9.97 Å². The molecule has 5 heteroatoms. The number of hydrogen-bond acceptors (Lipinski definition) is 5. The number of hydrogen-bond donors (Lipinski definition) is 0. The van der Waals surface area contributed by atoms with Crippen LogP contribution in [0.25, 0.3) is 0 Å².